The van der Waals surface area contributed by atoms with E-state index in [0.717, 1.165) is 12.8 Å². The lowest BCUT2D eigenvalue weighted by Crippen LogP contribution is -2.38. The van der Waals surface area contributed by atoms with Gasteiger partial charge in [-0.15, -0.1) is 0 Å². The largest absolute Gasteiger partial charge is 0.444 e. The maximum atomic E-state index is 15.7. The summed E-state index contributed by atoms with van der Waals surface area (Å²) in [5.74, 6) is -2.95. The van der Waals surface area contributed by atoms with Gasteiger partial charge in [-0.2, -0.15) is 8.78 Å². The van der Waals surface area contributed by atoms with Gasteiger partial charge >= 0.3 is 12.2 Å². The Morgan fingerprint density at radius 2 is 1.52 bits per heavy atom. The van der Waals surface area contributed by atoms with Crippen molar-refractivity contribution in [2.75, 3.05) is 6.54 Å². The molecule has 2 heterocycles. The van der Waals surface area contributed by atoms with Crippen LogP contribution in [0.5, 0.6) is 0 Å². The molecule has 0 unspecified atom stereocenters. The van der Waals surface area contributed by atoms with Crippen LogP contribution < -0.4 is 5.46 Å². The number of rotatable bonds is 2. The quantitative estimate of drug-likeness (QED) is 0.319. The molecule has 2 aliphatic carbocycles. The van der Waals surface area contributed by atoms with Crippen LogP contribution in [0.2, 0.25) is 0 Å². The van der Waals surface area contributed by atoms with Crippen LogP contribution in [-0.4, -0.2) is 52.2 Å². The maximum Gasteiger partial charge on any atom is 0.420 e. The van der Waals surface area contributed by atoms with Crippen molar-refractivity contribution < 1.29 is 27.8 Å². The molecule has 10 heteroatoms. The van der Waals surface area contributed by atoms with E-state index >= 15 is 8.78 Å². The number of nitrogens with zero attached hydrogens (tertiary/aromatic N) is 3. The number of ether oxygens (including phenoxy) is 2. The fourth-order valence-electron chi connectivity index (χ4n) is 6.04. The van der Waals surface area contributed by atoms with Gasteiger partial charge in [0.1, 0.15) is 24.9 Å². The summed E-state index contributed by atoms with van der Waals surface area (Å²) in [6, 6.07) is 8.69. The van der Waals surface area contributed by atoms with Crippen LogP contribution in [0.25, 0.3) is 22.4 Å². The van der Waals surface area contributed by atoms with E-state index in [-0.39, 0.29) is 22.0 Å². The highest BCUT2D eigenvalue weighted by Gasteiger charge is 2.56. The molecule has 3 aromatic rings. The van der Waals surface area contributed by atoms with Crippen LogP contribution in [0.3, 0.4) is 0 Å². The standard InChI is InChI=1S/C32H34BF2N3O4/c1-29(2,3)41-27(39)37-17-31(11-12-31)15-24(37)26-36-16-25(38(26)28(40)42-30(4,5)6)18-7-9-20-21-10-8-19(33)14-23(21)32(34,35)22(20)13-18/h7-10,13-14,16,24H,11-12,15,17H2,1-6H3/t24-/m0/s1. The number of amides is 1. The Balaban J connectivity index is 1.46. The lowest BCUT2D eigenvalue weighted by atomic mass is 9.91. The van der Waals surface area contributed by atoms with Gasteiger partial charge in [0.15, 0.2) is 0 Å². The summed E-state index contributed by atoms with van der Waals surface area (Å²) in [6.07, 6.45) is 2.86. The number of carbonyl (C=O) groups excluding carboxylic acids is 2. The summed E-state index contributed by atoms with van der Waals surface area (Å²) in [7, 11) is 5.83. The third-order valence-electron chi connectivity index (χ3n) is 8.08. The van der Waals surface area contributed by atoms with Crippen molar-refractivity contribution in [1.82, 2.24) is 14.5 Å². The lowest BCUT2D eigenvalue weighted by molar-refractivity contribution is 0.0201. The van der Waals surface area contributed by atoms with Crippen LogP contribution >= 0.6 is 0 Å². The first-order valence-corrected chi connectivity index (χ1v) is 14.2. The zero-order valence-electron chi connectivity index (χ0n) is 24.8. The van der Waals surface area contributed by atoms with E-state index in [4.69, 9.17) is 17.3 Å². The fourth-order valence-corrected chi connectivity index (χ4v) is 6.04. The Bertz CT molecular complexity index is 1610. The predicted octanol–water partition coefficient (Wildman–Crippen LogP) is 6.71. The first-order chi connectivity index (χ1) is 19.5. The molecular formula is C32H34BF2N3O4. The average Bonchev–Trinajstić information content (AvgIpc) is 3.22. The molecule has 1 amide bonds. The van der Waals surface area contributed by atoms with E-state index in [1.165, 1.54) is 22.9 Å². The van der Waals surface area contributed by atoms with Gasteiger partial charge in [-0.05, 0) is 83.4 Å². The number of hydrogen-bond acceptors (Lipinski definition) is 5. The molecule has 2 fully saturated rings. The summed E-state index contributed by atoms with van der Waals surface area (Å²) in [6.45, 7) is 11.2. The number of halogens is 2. The number of benzene rings is 2. The Morgan fingerprint density at radius 1 is 0.929 bits per heavy atom. The van der Waals surface area contributed by atoms with Crippen LogP contribution in [0.15, 0.2) is 42.6 Å². The topological polar surface area (TPSA) is 73.7 Å². The molecule has 0 N–H and O–H groups in total. The minimum Gasteiger partial charge on any atom is -0.444 e. The smallest absolute Gasteiger partial charge is 0.420 e. The lowest BCUT2D eigenvalue weighted by Gasteiger charge is -2.29. The highest BCUT2D eigenvalue weighted by atomic mass is 19.3. The van der Waals surface area contributed by atoms with E-state index in [2.05, 4.69) is 4.98 Å². The molecule has 2 aromatic carbocycles. The number of imidazole rings is 1. The average molecular weight is 573 g/mol. The zero-order valence-corrected chi connectivity index (χ0v) is 24.8. The Kier molecular flexibility index (Phi) is 6.20. The third kappa shape index (κ3) is 4.88. The van der Waals surface area contributed by atoms with Crippen molar-refractivity contribution in [3.8, 4) is 22.4 Å². The summed E-state index contributed by atoms with van der Waals surface area (Å²) in [4.78, 5) is 33.4. The van der Waals surface area contributed by atoms with Gasteiger partial charge < -0.3 is 9.47 Å². The molecule has 42 heavy (non-hydrogen) atoms. The minimum atomic E-state index is -3.27. The van der Waals surface area contributed by atoms with Gasteiger partial charge in [-0.1, -0.05) is 35.8 Å². The van der Waals surface area contributed by atoms with Crippen molar-refractivity contribution in [1.29, 1.82) is 0 Å². The van der Waals surface area contributed by atoms with Gasteiger partial charge in [-0.25, -0.2) is 19.1 Å². The zero-order chi connectivity index (χ0) is 30.4. The van der Waals surface area contributed by atoms with Crippen molar-refractivity contribution in [3.63, 3.8) is 0 Å². The summed E-state index contributed by atoms with van der Waals surface area (Å²) in [5, 5.41) is 0. The molecule has 1 atom stereocenters. The summed E-state index contributed by atoms with van der Waals surface area (Å²) < 4.78 is 44.2. The minimum absolute atomic E-state index is 0.0459. The third-order valence-corrected chi connectivity index (χ3v) is 8.08. The second-order valence-electron chi connectivity index (χ2n) is 13.8. The molecule has 6 rings (SSSR count). The molecule has 1 aliphatic heterocycles. The van der Waals surface area contributed by atoms with E-state index < -0.39 is 35.4 Å². The SMILES string of the molecule is [B]c1ccc2c(c1)C(F)(F)c1cc(-c3cnc([C@@H]4CC5(CC5)CN4C(=O)OC(C)(C)C)n3C(=O)OC(C)(C)C)ccc1-2. The van der Waals surface area contributed by atoms with Crippen molar-refractivity contribution in [2.24, 2.45) is 5.41 Å². The molecule has 218 valence electrons. The maximum absolute atomic E-state index is 15.7. The normalized spacial score (nSPS) is 19.9. The first-order valence-electron chi connectivity index (χ1n) is 14.2. The van der Waals surface area contributed by atoms with Gasteiger partial charge in [0.25, 0.3) is 5.92 Å². The molecular weight excluding hydrogens is 539 g/mol. The summed E-state index contributed by atoms with van der Waals surface area (Å²) in [5.41, 5.74) is -0.141. The van der Waals surface area contributed by atoms with Crippen LogP contribution in [0, 0.1) is 5.41 Å². The molecule has 2 radical (unpaired) electrons. The fraction of sp³-hybridized carbons (Fsp3) is 0.469. The number of fused-ring (bicyclic) bond motifs is 3. The van der Waals surface area contributed by atoms with E-state index in [9.17, 15) is 9.59 Å². The molecule has 7 nitrogen and oxygen atoms in total. The second kappa shape index (κ2) is 9.16. The highest BCUT2D eigenvalue weighted by molar-refractivity contribution is 6.32. The van der Waals surface area contributed by atoms with E-state index in [1.807, 2.05) is 0 Å². The molecule has 1 saturated carbocycles. The van der Waals surface area contributed by atoms with Crippen molar-refractivity contribution >= 4 is 25.5 Å². The molecule has 1 spiro atoms. The van der Waals surface area contributed by atoms with Gasteiger partial charge in [-0.3, -0.25) is 4.90 Å². The van der Waals surface area contributed by atoms with Crippen LogP contribution in [0.4, 0.5) is 18.4 Å². The van der Waals surface area contributed by atoms with Crippen LogP contribution in [-0.2, 0) is 15.4 Å². The van der Waals surface area contributed by atoms with Gasteiger partial charge in [0, 0.05) is 23.2 Å². The van der Waals surface area contributed by atoms with Crippen LogP contribution in [0.1, 0.15) is 83.8 Å². The van der Waals surface area contributed by atoms with Crippen molar-refractivity contribution in [2.45, 2.75) is 84.0 Å². The van der Waals surface area contributed by atoms with E-state index in [1.54, 1.807) is 70.7 Å². The number of hydrogen-bond donors (Lipinski definition) is 0. The van der Waals surface area contributed by atoms with Crippen molar-refractivity contribution in [3.05, 3.63) is 59.5 Å². The first kappa shape index (κ1) is 28.4. The molecule has 3 aliphatic rings. The molecule has 0 bridgehead atoms. The monoisotopic (exact) mass is 573 g/mol. The number of likely N-dealkylation sites (tertiary alicyclic amines) is 1. The Labute approximate surface area is 245 Å². The number of alkyl halides is 2. The predicted molar refractivity (Wildman–Crippen MR) is 155 cm³/mol. The Hall–Kier alpha value is -3.69. The summed E-state index contributed by atoms with van der Waals surface area (Å²) >= 11 is 0. The second-order valence-corrected chi connectivity index (χ2v) is 13.8. The Morgan fingerprint density at radius 3 is 2.14 bits per heavy atom. The number of carbonyl (C=O) groups is 2. The highest BCUT2D eigenvalue weighted by Crippen LogP contribution is 2.59. The number of aromatic nitrogens is 2. The van der Waals surface area contributed by atoms with E-state index in [0.29, 0.717) is 41.2 Å². The molecule has 1 aromatic heterocycles. The molecule has 1 saturated heterocycles. The van der Waals surface area contributed by atoms with Gasteiger partial charge in [0.05, 0.1) is 17.9 Å². The van der Waals surface area contributed by atoms with Gasteiger partial charge in [0.2, 0.25) is 0 Å².